The molecule has 0 aliphatic carbocycles. The van der Waals surface area contributed by atoms with Crippen LogP contribution in [0, 0.1) is 11.3 Å². The quantitative estimate of drug-likeness (QED) is 0.812. The highest BCUT2D eigenvalue weighted by molar-refractivity contribution is 6.31. The Morgan fingerprint density at radius 2 is 2.00 bits per heavy atom. The van der Waals surface area contributed by atoms with Crippen molar-refractivity contribution in [2.75, 3.05) is 18.0 Å². The minimum absolute atomic E-state index is 0.311. The first kappa shape index (κ1) is 11.3. The summed E-state index contributed by atoms with van der Waals surface area (Å²) in [4.78, 5) is 2.23. The van der Waals surface area contributed by atoms with Crippen molar-refractivity contribution in [3.05, 3.63) is 28.8 Å². The third-order valence-corrected chi connectivity index (χ3v) is 3.13. The Morgan fingerprint density at radius 3 is 2.62 bits per heavy atom. The van der Waals surface area contributed by atoms with Gasteiger partial charge in [0, 0.05) is 29.8 Å². The maximum Gasteiger partial charge on any atom is 0.0992 e. The number of hydrogen-bond donors (Lipinski definition) is 1. The number of anilines is 1. The van der Waals surface area contributed by atoms with Crippen molar-refractivity contribution in [1.82, 2.24) is 0 Å². The average molecular weight is 236 g/mol. The Morgan fingerprint density at radius 1 is 1.31 bits per heavy atom. The number of nitrogens with zero attached hydrogens (tertiary/aromatic N) is 2. The monoisotopic (exact) mass is 235 g/mol. The van der Waals surface area contributed by atoms with Gasteiger partial charge < -0.3 is 10.6 Å². The van der Waals surface area contributed by atoms with Crippen LogP contribution in [-0.4, -0.2) is 19.1 Å². The summed E-state index contributed by atoms with van der Waals surface area (Å²) in [7, 11) is 0. The van der Waals surface area contributed by atoms with Crippen LogP contribution in [-0.2, 0) is 0 Å². The molecule has 0 spiro atoms. The Bertz CT molecular complexity index is 417. The highest BCUT2D eigenvalue weighted by Gasteiger charge is 2.16. The Labute approximate surface area is 100 Å². The zero-order valence-electron chi connectivity index (χ0n) is 8.99. The van der Waals surface area contributed by atoms with Gasteiger partial charge in [0.25, 0.3) is 0 Å². The molecule has 0 unspecified atom stereocenters. The third-order valence-electron chi connectivity index (χ3n) is 2.92. The van der Waals surface area contributed by atoms with E-state index in [0.29, 0.717) is 16.6 Å². The number of piperidine rings is 1. The molecule has 3 nitrogen and oxygen atoms in total. The highest BCUT2D eigenvalue weighted by atomic mass is 35.5. The molecule has 0 saturated carbocycles. The van der Waals surface area contributed by atoms with Crippen LogP contribution in [0.15, 0.2) is 18.2 Å². The van der Waals surface area contributed by atoms with Crippen molar-refractivity contribution < 1.29 is 0 Å². The molecule has 0 bridgehead atoms. The first-order valence-electron chi connectivity index (χ1n) is 5.40. The first-order chi connectivity index (χ1) is 7.69. The van der Waals surface area contributed by atoms with Crippen LogP contribution >= 0.6 is 11.6 Å². The fraction of sp³-hybridized carbons (Fsp3) is 0.417. The van der Waals surface area contributed by atoms with Gasteiger partial charge in [-0.05, 0) is 31.0 Å². The lowest BCUT2D eigenvalue weighted by Gasteiger charge is -2.32. The molecule has 1 aliphatic heterocycles. The molecule has 1 heterocycles. The second-order valence-corrected chi connectivity index (χ2v) is 4.57. The largest absolute Gasteiger partial charge is 0.371 e. The number of nitriles is 1. The summed E-state index contributed by atoms with van der Waals surface area (Å²) < 4.78 is 0. The maximum absolute atomic E-state index is 8.88. The van der Waals surface area contributed by atoms with E-state index >= 15 is 0 Å². The summed E-state index contributed by atoms with van der Waals surface area (Å²) >= 11 is 5.97. The molecule has 0 atom stereocenters. The van der Waals surface area contributed by atoms with Gasteiger partial charge in [0.05, 0.1) is 11.6 Å². The van der Waals surface area contributed by atoms with E-state index in [-0.39, 0.29) is 0 Å². The molecule has 1 aromatic carbocycles. The summed E-state index contributed by atoms with van der Waals surface area (Å²) in [6.45, 7) is 1.87. The predicted octanol–water partition coefficient (Wildman–Crippen LogP) is 2.14. The van der Waals surface area contributed by atoms with Crippen molar-refractivity contribution in [3.8, 4) is 6.07 Å². The van der Waals surface area contributed by atoms with E-state index in [0.717, 1.165) is 31.6 Å². The van der Waals surface area contributed by atoms with Crippen LogP contribution in [0.2, 0.25) is 5.02 Å². The molecular weight excluding hydrogens is 222 g/mol. The van der Waals surface area contributed by atoms with E-state index in [1.165, 1.54) is 0 Å². The predicted molar refractivity (Wildman–Crippen MR) is 65.6 cm³/mol. The molecular formula is C12H14ClN3. The topological polar surface area (TPSA) is 53.0 Å². The van der Waals surface area contributed by atoms with Gasteiger partial charge in [0.2, 0.25) is 0 Å². The van der Waals surface area contributed by atoms with Crippen LogP contribution < -0.4 is 10.6 Å². The molecule has 4 heteroatoms. The zero-order valence-corrected chi connectivity index (χ0v) is 9.74. The summed E-state index contributed by atoms with van der Waals surface area (Å²) in [5.74, 6) is 0. The van der Waals surface area contributed by atoms with E-state index in [4.69, 9.17) is 22.6 Å². The fourth-order valence-electron chi connectivity index (χ4n) is 1.98. The zero-order chi connectivity index (χ0) is 11.5. The molecule has 1 aliphatic rings. The average Bonchev–Trinajstić information content (AvgIpc) is 2.29. The van der Waals surface area contributed by atoms with E-state index in [9.17, 15) is 0 Å². The third kappa shape index (κ3) is 2.46. The van der Waals surface area contributed by atoms with Crippen LogP contribution in [0.5, 0.6) is 0 Å². The fourth-order valence-corrected chi connectivity index (χ4v) is 2.21. The van der Waals surface area contributed by atoms with Crippen molar-refractivity contribution in [2.24, 2.45) is 5.73 Å². The van der Waals surface area contributed by atoms with Gasteiger partial charge in [-0.25, -0.2) is 0 Å². The van der Waals surface area contributed by atoms with Crippen molar-refractivity contribution in [2.45, 2.75) is 18.9 Å². The summed E-state index contributed by atoms with van der Waals surface area (Å²) in [6, 6.07) is 7.89. The molecule has 84 valence electrons. The molecule has 1 fully saturated rings. The number of benzene rings is 1. The van der Waals surface area contributed by atoms with Crippen molar-refractivity contribution in [1.29, 1.82) is 5.26 Å². The molecule has 16 heavy (non-hydrogen) atoms. The van der Waals surface area contributed by atoms with Gasteiger partial charge in [-0.3, -0.25) is 0 Å². The van der Waals surface area contributed by atoms with E-state index in [1.807, 2.05) is 12.1 Å². The second kappa shape index (κ2) is 4.73. The van der Waals surface area contributed by atoms with Gasteiger partial charge in [-0.2, -0.15) is 5.26 Å². The Kier molecular flexibility index (Phi) is 3.33. The smallest absolute Gasteiger partial charge is 0.0992 e. The van der Waals surface area contributed by atoms with Crippen LogP contribution in [0.3, 0.4) is 0 Å². The SMILES string of the molecule is N#Cc1cc(Cl)cc(N2CCC(N)CC2)c1. The summed E-state index contributed by atoms with van der Waals surface area (Å²) in [5.41, 5.74) is 7.49. The molecule has 2 N–H and O–H groups in total. The van der Waals surface area contributed by atoms with Gasteiger partial charge in [-0.1, -0.05) is 11.6 Å². The number of halogens is 1. The number of hydrogen-bond acceptors (Lipinski definition) is 3. The van der Waals surface area contributed by atoms with E-state index in [2.05, 4.69) is 11.0 Å². The normalized spacial score (nSPS) is 17.2. The minimum Gasteiger partial charge on any atom is -0.371 e. The first-order valence-corrected chi connectivity index (χ1v) is 5.78. The molecule has 0 radical (unpaired) electrons. The van der Waals surface area contributed by atoms with E-state index in [1.54, 1.807) is 6.07 Å². The van der Waals surface area contributed by atoms with Crippen molar-refractivity contribution >= 4 is 17.3 Å². The molecule has 1 saturated heterocycles. The lowest BCUT2D eigenvalue weighted by Crippen LogP contribution is -2.39. The maximum atomic E-state index is 8.88. The standard InChI is InChI=1S/C12H14ClN3/c13-10-5-9(8-14)6-12(7-10)16-3-1-11(15)2-4-16/h5-7,11H,1-4,15H2. The van der Waals surface area contributed by atoms with Crippen LogP contribution in [0.25, 0.3) is 0 Å². The molecule has 0 amide bonds. The van der Waals surface area contributed by atoms with Gasteiger partial charge in [0.15, 0.2) is 0 Å². The number of nitrogens with two attached hydrogens (primary N) is 1. The highest BCUT2D eigenvalue weighted by Crippen LogP contribution is 2.24. The summed E-state index contributed by atoms with van der Waals surface area (Å²) in [6.07, 6.45) is 1.99. The Hall–Kier alpha value is -1.24. The lowest BCUT2D eigenvalue weighted by atomic mass is 10.0. The minimum atomic E-state index is 0.311. The summed E-state index contributed by atoms with van der Waals surface area (Å²) in [5, 5.41) is 9.49. The molecule has 2 rings (SSSR count). The van der Waals surface area contributed by atoms with Crippen LogP contribution in [0.4, 0.5) is 5.69 Å². The Balaban J connectivity index is 2.20. The lowest BCUT2D eigenvalue weighted by molar-refractivity contribution is 0.501. The van der Waals surface area contributed by atoms with Gasteiger partial charge in [0.1, 0.15) is 0 Å². The van der Waals surface area contributed by atoms with Gasteiger partial charge >= 0.3 is 0 Å². The molecule has 1 aromatic rings. The number of rotatable bonds is 1. The second-order valence-electron chi connectivity index (χ2n) is 4.13. The molecule has 0 aromatic heterocycles. The van der Waals surface area contributed by atoms with Crippen LogP contribution in [0.1, 0.15) is 18.4 Å². The van der Waals surface area contributed by atoms with Crippen molar-refractivity contribution in [3.63, 3.8) is 0 Å². The van der Waals surface area contributed by atoms with Gasteiger partial charge in [-0.15, -0.1) is 0 Å². The van der Waals surface area contributed by atoms with E-state index < -0.39 is 0 Å².